The van der Waals surface area contributed by atoms with Gasteiger partial charge in [0.15, 0.2) is 6.10 Å². The van der Waals surface area contributed by atoms with Crippen molar-refractivity contribution in [3.63, 3.8) is 0 Å². The van der Waals surface area contributed by atoms with E-state index in [1.165, 1.54) is 263 Å². The lowest BCUT2D eigenvalue weighted by atomic mass is 9.99. The fourth-order valence-corrected chi connectivity index (χ4v) is 10.5. The summed E-state index contributed by atoms with van der Waals surface area (Å²) in [5.41, 5.74) is 0. The first-order valence-corrected chi connectivity index (χ1v) is 33.7. The molecule has 0 aliphatic rings. The predicted octanol–water partition coefficient (Wildman–Crippen LogP) is 22.6. The first-order chi connectivity index (χ1) is 36.2. The lowest BCUT2D eigenvalue weighted by Gasteiger charge is -2.18. The zero-order valence-corrected chi connectivity index (χ0v) is 51.1. The van der Waals surface area contributed by atoms with E-state index < -0.39 is 6.10 Å². The normalized spacial score (nSPS) is 12.9. The van der Waals surface area contributed by atoms with Gasteiger partial charge in [-0.15, -0.1) is 0 Å². The molecule has 0 saturated carbocycles. The summed E-state index contributed by atoms with van der Waals surface area (Å²) in [6, 6.07) is 0. The van der Waals surface area contributed by atoms with Crippen LogP contribution in [0, 0.1) is 17.8 Å². The van der Waals surface area contributed by atoms with Crippen molar-refractivity contribution in [1.29, 1.82) is 0 Å². The van der Waals surface area contributed by atoms with Gasteiger partial charge in [0.1, 0.15) is 13.2 Å². The minimum Gasteiger partial charge on any atom is -0.462 e. The average Bonchev–Trinajstić information content (AvgIpc) is 3.39. The minimum absolute atomic E-state index is 0.0623. The summed E-state index contributed by atoms with van der Waals surface area (Å²) < 4.78 is 17.0. The fourth-order valence-electron chi connectivity index (χ4n) is 10.5. The van der Waals surface area contributed by atoms with Crippen LogP contribution in [-0.2, 0) is 28.6 Å². The lowest BCUT2D eigenvalue weighted by molar-refractivity contribution is -0.167. The van der Waals surface area contributed by atoms with Crippen LogP contribution in [-0.4, -0.2) is 37.2 Å². The molecule has 74 heavy (non-hydrogen) atoms. The second kappa shape index (κ2) is 59.1. The van der Waals surface area contributed by atoms with E-state index in [0.717, 1.165) is 75.5 Å². The molecule has 0 aliphatic carbocycles. The van der Waals surface area contributed by atoms with E-state index in [9.17, 15) is 14.4 Å². The van der Waals surface area contributed by atoms with Crippen molar-refractivity contribution in [3.8, 4) is 0 Å². The van der Waals surface area contributed by atoms with Crippen LogP contribution in [0.3, 0.4) is 0 Å². The molecule has 0 aromatic rings. The Balaban J connectivity index is 4.27. The van der Waals surface area contributed by atoms with Gasteiger partial charge in [-0.2, -0.15) is 0 Å². The molecule has 3 atom stereocenters. The Kier molecular flexibility index (Phi) is 57.8. The largest absolute Gasteiger partial charge is 0.462 e. The summed E-state index contributed by atoms with van der Waals surface area (Å²) in [6.45, 7) is 13.9. The molecular formula is C68H132O6. The van der Waals surface area contributed by atoms with Crippen LogP contribution in [0.15, 0.2) is 0 Å². The van der Waals surface area contributed by atoms with Gasteiger partial charge in [-0.3, -0.25) is 14.4 Å². The molecule has 0 bridgehead atoms. The Morgan fingerprint density at radius 2 is 0.473 bits per heavy atom. The van der Waals surface area contributed by atoms with Crippen LogP contribution < -0.4 is 0 Å². The highest BCUT2D eigenvalue weighted by Gasteiger charge is 2.20. The van der Waals surface area contributed by atoms with Crippen molar-refractivity contribution >= 4 is 17.9 Å². The number of carbonyl (C=O) groups is 3. The molecule has 0 aromatic carbocycles. The number of unbranched alkanes of at least 4 members (excludes halogenated alkanes) is 42. The topological polar surface area (TPSA) is 78.9 Å². The number of ether oxygens (including phenoxy) is 3. The predicted molar refractivity (Wildman–Crippen MR) is 321 cm³/mol. The molecule has 0 rings (SSSR count). The zero-order valence-electron chi connectivity index (χ0n) is 51.1. The molecule has 0 aliphatic heterocycles. The summed E-state index contributed by atoms with van der Waals surface area (Å²) in [5.74, 6) is 1.81. The van der Waals surface area contributed by atoms with Crippen LogP contribution in [0.5, 0.6) is 0 Å². The molecule has 0 fully saturated rings. The maximum absolute atomic E-state index is 12.9. The summed E-state index contributed by atoms with van der Waals surface area (Å²) in [7, 11) is 0. The monoisotopic (exact) mass is 1050 g/mol. The number of rotatable bonds is 61. The summed E-state index contributed by atoms with van der Waals surface area (Å²) >= 11 is 0. The van der Waals surface area contributed by atoms with Crippen molar-refractivity contribution in [2.75, 3.05) is 13.2 Å². The van der Waals surface area contributed by atoms with Gasteiger partial charge >= 0.3 is 17.9 Å². The second-order valence-corrected chi connectivity index (χ2v) is 24.4. The van der Waals surface area contributed by atoms with Crippen LogP contribution >= 0.6 is 0 Å². The van der Waals surface area contributed by atoms with E-state index in [-0.39, 0.29) is 31.1 Å². The first kappa shape index (κ1) is 72.4. The number of hydrogen-bond acceptors (Lipinski definition) is 6. The summed E-state index contributed by atoms with van der Waals surface area (Å²) in [4.78, 5) is 38.4. The highest BCUT2D eigenvalue weighted by atomic mass is 16.6. The molecule has 440 valence electrons. The molecule has 0 radical (unpaired) electrons. The van der Waals surface area contributed by atoms with Crippen molar-refractivity contribution < 1.29 is 28.6 Å². The molecule has 6 nitrogen and oxygen atoms in total. The van der Waals surface area contributed by atoms with E-state index >= 15 is 0 Å². The number of esters is 3. The van der Waals surface area contributed by atoms with E-state index in [1.807, 2.05) is 0 Å². The molecule has 0 aromatic heterocycles. The van der Waals surface area contributed by atoms with Gasteiger partial charge < -0.3 is 14.2 Å². The Hall–Kier alpha value is -1.59. The average molecular weight is 1050 g/mol. The highest BCUT2D eigenvalue weighted by Crippen LogP contribution is 2.20. The van der Waals surface area contributed by atoms with Crippen molar-refractivity contribution in [2.24, 2.45) is 17.8 Å². The summed E-state index contributed by atoms with van der Waals surface area (Å²) in [5, 5.41) is 0. The van der Waals surface area contributed by atoms with Gasteiger partial charge in [0.05, 0.1) is 0 Å². The van der Waals surface area contributed by atoms with Crippen LogP contribution in [0.2, 0.25) is 0 Å². The van der Waals surface area contributed by atoms with E-state index in [0.29, 0.717) is 19.3 Å². The van der Waals surface area contributed by atoms with Crippen molar-refractivity contribution in [1.82, 2.24) is 0 Å². The Labute approximate surface area is 463 Å². The van der Waals surface area contributed by atoms with E-state index in [2.05, 4.69) is 41.5 Å². The Morgan fingerprint density at radius 1 is 0.270 bits per heavy atom. The first-order valence-electron chi connectivity index (χ1n) is 33.7. The molecule has 2 unspecified atom stereocenters. The molecule has 0 saturated heterocycles. The fraction of sp³-hybridized carbons (Fsp3) is 0.956. The van der Waals surface area contributed by atoms with E-state index in [4.69, 9.17) is 14.2 Å². The van der Waals surface area contributed by atoms with Crippen LogP contribution in [0.4, 0.5) is 0 Å². The Bertz CT molecular complexity index is 1150. The van der Waals surface area contributed by atoms with Crippen molar-refractivity contribution in [3.05, 3.63) is 0 Å². The van der Waals surface area contributed by atoms with Gasteiger partial charge in [-0.05, 0) is 37.0 Å². The molecule has 6 heteroatoms. The lowest BCUT2D eigenvalue weighted by Crippen LogP contribution is -2.30. The van der Waals surface area contributed by atoms with E-state index in [1.54, 1.807) is 0 Å². The summed E-state index contributed by atoms with van der Waals surface area (Å²) in [6.07, 6.45) is 65.2. The third kappa shape index (κ3) is 58.1. The third-order valence-corrected chi connectivity index (χ3v) is 16.4. The van der Waals surface area contributed by atoms with Gasteiger partial charge in [-0.1, -0.05) is 343 Å². The van der Waals surface area contributed by atoms with Gasteiger partial charge in [0.2, 0.25) is 0 Å². The van der Waals surface area contributed by atoms with Crippen molar-refractivity contribution in [2.45, 2.75) is 388 Å². The zero-order chi connectivity index (χ0) is 54.1. The van der Waals surface area contributed by atoms with Gasteiger partial charge in [-0.25, -0.2) is 0 Å². The number of hydrogen-bond donors (Lipinski definition) is 0. The molecule has 0 N–H and O–H groups in total. The second-order valence-electron chi connectivity index (χ2n) is 24.4. The van der Waals surface area contributed by atoms with Crippen LogP contribution in [0.25, 0.3) is 0 Å². The number of carbonyl (C=O) groups excluding carboxylic acids is 3. The molecule has 0 spiro atoms. The molecular weight excluding hydrogens is 913 g/mol. The minimum atomic E-state index is -0.765. The molecule has 0 amide bonds. The Morgan fingerprint density at radius 3 is 0.703 bits per heavy atom. The highest BCUT2D eigenvalue weighted by molar-refractivity contribution is 5.71. The maximum Gasteiger partial charge on any atom is 0.306 e. The maximum atomic E-state index is 12.9. The van der Waals surface area contributed by atoms with Gasteiger partial charge in [0, 0.05) is 19.3 Å². The SMILES string of the molecule is CCC(C)CCCCCCCCCCCCCCCCCCCCC(=O)OC[C@@H](COC(=O)CCCCCCCCCCCCCCCCC(C)CC)OC(=O)CCCCCCCCCCCCCCCC(C)C. The standard InChI is InChI=1S/C68H132O6/c1-7-63(5)55-49-43-37-31-25-19-13-11-9-10-12-14-21-27-33-39-45-51-57-66(69)72-60-65(74-68(71)59-53-47-41-35-29-23-17-18-24-30-36-42-48-54-62(3)4)61-73-67(70)58-52-46-40-34-28-22-16-15-20-26-32-38-44-50-56-64(6)8-2/h62-65H,7-61H2,1-6H3/t63?,64?,65-/m0/s1. The third-order valence-electron chi connectivity index (χ3n) is 16.4. The smallest absolute Gasteiger partial charge is 0.306 e. The van der Waals surface area contributed by atoms with Crippen LogP contribution in [0.1, 0.15) is 382 Å². The molecule has 0 heterocycles. The van der Waals surface area contributed by atoms with Gasteiger partial charge in [0.25, 0.3) is 0 Å². The quantitative estimate of drug-likeness (QED) is 0.0343.